The van der Waals surface area contributed by atoms with Crippen molar-refractivity contribution in [1.29, 1.82) is 0 Å². The number of anilines is 1. The highest BCUT2D eigenvalue weighted by atomic mass is 19.1. The molecule has 1 fully saturated rings. The standard InChI is InChI=1S/C14H19FN2O/c1-2-14(18)16-12-6-8-17(9-7-12)13-5-3-4-11(15)10-13/h3-5,10,12H,2,6-9H2,1H3,(H,16,18). The first kappa shape index (κ1) is 12.9. The fourth-order valence-corrected chi connectivity index (χ4v) is 2.28. The minimum Gasteiger partial charge on any atom is -0.371 e. The van der Waals surface area contributed by atoms with E-state index in [1.54, 1.807) is 12.1 Å². The summed E-state index contributed by atoms with van der Waals surface area (Å²) in [6, 6.07) is 6.94. The molecule has 2 rings (SSSR count). The molecule has 0 bridgehead atoms. The van der Waals surface area contributed by atoms with Crippen molar-refractivity contribution in [3.05, 3.63) is 30.1 Å². The van der Waals surface area contributed by atoms with Crippen LogP contribution in [0.5, 0.6) is 0 Å². The van der Waals surface area contributed by atoms with Gasteiger partial charge < -0.3 is 10.2 Å². The van der Waals surface area contributed by atoms with Crippen molar-refractivity contribution >= 4 is 11.6 Å². The number of halogens is 1. The molecule has 1 aliphatic heterocycles. The molecule has 4 heteroatoms. The van der Waals surface area contributed by atoms with Crippen LogP contribution in [0.2, 0.25) is 0 Å². The zero-order valence-electron chi connectivity index (χ0n) is 10.7. The maximum Gasteiger partial charge on any atom is 0.219 e. The Labute approximate surface area is 107 Å². The first-order chi connectivity index (χ1) is 8.69. The maximum atomic E-state index is 13.1. The molecule has 0 spiro atoms. The number of hydrogen-bond donors (Lipinski definition) is 1. The molecule has 0 unspecified atom stereocenters. The van der Waals surface area contributed by atoms with E-state index in [9.17, 15) is 9.18 Å². The molecule has 0 saturated carbocycles. The molecule has 1 amide bonds. The summed E-state index contributed by atoms with van der Waals surface area (Å²) < 4.78 is 13.1. The number of amides is 1. The van der Waals surface area contributed by atoms with Crippen molar-refractivity contribution in [2.75, 3.05) is 18.0 Å². The van der Waals surface area contributed by atoms with Crippen LogP contribution in [-0.4, -0.2) is 25.0 Å². The highest BCUT2D eigenvalue weighted by Gasteiger charge is 2.20. The highest BCUT2D eigenvalue weighted by Crippen LogP contribution is 2.20. The molecular weight excluding hydrogens is 231 g/mol. The number of piperidine rings is 1. The van der Waals surface area contributed by atoms with Crippen molar-refractivity contribution < 1.29 is 9.18 Å². The summed E-state index contributed by atoms with van der Waals surface area (Å²) >= 11 is 0. The third-order valence-electron chi connectivity index (χ3n) is 3.35. The number of rotatable bonds is 3. The van der Waals surface area contributed by atoms with E-state index in [4.69, 9.17) is 0 Å². The average Bonchev–Trinajstić information content (AvgIpc) is 2.39. The fourth-order valence-electron chi connectivity index (χ4n) is 2.28. The number of nitrogens with zero attached hydrogens (tertiary/aromatic N) is 1. The van der Waals surface area contributed by atoms with Gasteiger partial charge in [-0.1, -0.05) is 13.0 Å². The Morgan fingerprint density at radius 1 is 1.44 bits per heavy atom. The summed E-state index contributed by atoms with van der Waals surface area (Å²) in [4.78, 5) is 13.5. The fraction of sp³-hybridized carbons (Fsp3) is 0.500. The van der Waals surface area contributed by atoms with E-state index in [1.165, 1.54) is 6.07 Å². The second kappa shape index (κ2) is 5.85. The number of carbonyl (C=O) groups excluding carboxylic acids is 1. The Morgan fingerprint density at radius 3 is 2.78 bits per heavy atom. The quantitative estimate of drug-likeness (QED) is 0.893. The first-order valence-corrected chi connectivity index (χ1v) is 6.49. The van der Waals surface area contributed by atoms with E-state index >= 15 is 0 Å². The SMILES string of the molecule is CCC(=O)NC1CCN(c2cccc(F)c2)CC1. The van der Waals surface area contributed by atoms with Crippen LogP contribution in [0.3, 0.4) is 0 Å². The smallest absolute Gasteiger partial charge is 0.219 e. The summed E-state index contributed by atoms with van der Waals surface area (Å²) in [5, 5.41) is 3.01. The maximum absolute atomic E-state index is 13.1. The third kappa shape index (κ3) is 3.22. The second-order valence-corrected chi connectivity index (χ2v) is 4.66. The first-order valence-electron chi connectivity index (χ1n) is 6.49. The van der Waals surface area contributed by atoms with E-state index in [-0.39, 0.29) is 17.8 Å². The number of nitrogens with one attached hydrogen (secondary N) is 1. The van der Waals surface area contributed by atoms with Crippen LogP contribution in [0, 0.1) is 5.82 Å². The van der Waals surface area contributed by atoms with Crippen molar-refractivity contribution in [2.45, 2.75) is 32.2 Å². The van der Waals surface area contributed by atoms with Crippen LogP contribution in [-0.2, 0) is 4.79 Å². The number of carbonyl (C=O) groups is 1. The molecule has 1 aromatic rings. The Kier molecular flexibility index (Phi) is 4.18. The summed E-state index contributed by atoms with van der Waals surface area (Å²) in [7, 11) is 0. The monoisotopic (exact) mass is 250 g/mol. The van der Waals surface area contributed by atoms with Crippen LogP contribution in [0.25, 0.3) is 0 Å². The molecule has 98 valence electrons. The predicted octanol–water partition coefficient (Wildman–Crippen LogP) is 2.32. The van der Waals surface area contributed by atoms with Gasteiger partial charge in [0.05, 0.1) is 0 Å². The van der Waals surface area contributed by atoms with Gasteiger partial charge in [0.25, 0.3) is 0 Å². The molecular formula is C14H19FN2O. The second-order valence-electron chi connectivity index (χ2n) is 4.66. The Bertz CT molecular complexity index is 414. The summed E-state index contributed by atoms with van der Waals surface area (Å²) in [6.45, 7) is 3.58. The minimum absolute atomic E-state index is 0.110. The van der Waals surface area contributed by atoms with Crippen molar-refractivity contribution in [2.24, 2.45) is 0 Å². The number of hydrogen-bond acceptors (Lipinski definition) is 2. The molecule has 1 heterocycles. The zero-order valence-corrected chi connectivity index (χ0v) is 10.7. The normalized spacial score (nSPS) is 16.7. The molecule has 3 nitrogen and oxygen atoms in total. The van der Waals surface area contributed by atoms with Gasteiger partial charge in [-0.25, -0.2) is 4.39 Å². The van der Waals surface area contributed by atoms with E-state index in [1.807, 2.05) is 13.0 Å². The van der Waals surface area contributed by atoms with Crippen molar-refractivity contribution in [3.8, 4) is 0 Å². The van der Waals surface area contributed by atoms with Gasteiger partial charge in [-0.15, -0.1) is 0 Å². The van der Waals surface area contributed by atoms with E-state index in [2.05, 4.69) is 10.2 Å². The molecule has 1 aliphatic rings. The van der Waals surface area contributed by atoms with Crippen molar-refractivity contribution in [1.82, 2.24) is 5.32 Å². The Hall–Kier alpha value is -1.58. The van der Waals surface area contributed by atoms with Gasteiger partial charge in [-0.05, 0) is 31.0 Å². The van der Waals surface area contributed by atoms with E-state index in [0.29, 0.717) is 6.42 Å². The Balaban J connectivity index is 1.88. The molecule has 0 aliphatic carbocycles. The van der Waals surface area contributed by atoms with Crippen LogP contribution in [0.15, 0.2) is 24.3 Å². The van der Waals surface area contributed by atoms with Crippen LogP contribution in [0.1, 0.15) is 26.2 Å². The van der Waals surface area contributed by atoms with Gasteiger partial charge in [0.1, 0.15) is 5.82 Å². The van der Waals surface area contributed by atoms with Gasteiger partial charge in [-0.2, -0.15) is 0 Å². The minimum atomic E-state index is -0.200. The summed E-state index contributed by atoms with van der Waals surface area (Å²) in [5.41, 5.74) is 0.926. The van der Waals surface area contributed by atoms with Crippen LogP contribution in [0.4, 0.5) is 10.1 Å². The van der Waals surface area contributed by atoms with E-state index in [0.717, 1.165) is 31.6 Å². The lowest BCUT2D eigenvalue weighted by Crippen LogP contribution is -2.44. The highest BCUT2D eigenvalue weighted by molar-refractivity contribution is 5.75. The largest absolute Gasteiger partial charge is 0.371 e. The topological polar surface area (TPSA) is 32.3 Å². The molecule has 0 atom stereocenters. The summed E-state index contributed by atoms with van der Waals surface area (Å²) in [5.74, 6) is -0.0897. The molecule has 0 radical (unpaired) electrons. The molecule has 1 N–H and O–H groups in total. The predicted molar refractivity (Wildman–Crippen MR) is 70.1 cm³/mol. The lowest BCUT2D eigenvalue weighted by atomic mass is 10.0. The lowest BCUT2D eigenvalue weighted by molar-refractivity contribution is -0.121. The average molecular weight is 250 g/mol. The summed E-state index contributed by atoms with van der Waals surface area (Å²) in [6.07, 6.45) is 2.37. The van der Waals surface area contributed by atoms with Gasteiger partial charge in [0.15, 0.2) is 0 Å². The van der Waals surface area contributed by atoms with Gasteiger partial charge in [-0.3, -0.25) is 4.79 Å². The Morgan fingerprint density at radius 2 is 2.17 bits per heavy atom. The molecule has 18 heavy (non-hydrogen) atoms. The van der Waals surface area contributed by atoms with Crippen LogP contribution < -0.4 is 10.2 Å². The van der Waals surface area contributed by atoms with Crippen LogP contribution >= 0.6 is 0 Å². The van der Waals surface area contributed by atoms with Crippen molar-refractivity contribution in [3.63, 3.8) is 0 Å². The lowest BCUT2D eigenvalue weighted by Gasteiger charge is -2.34. The zero-order chi connectivity index (χ0) is 13.0. The van der Waals surface area contributed by atoms with Gasteiger partial charge >= 0.3 is 0 Å². The van der Waals surface area contributed by atoms with Gasteiger partial charge in [0.2, 0.25) is 5.91 Å². The molecule has 1 aromatic carbocycles. The number of benzene rings is 1. The third-order valence-corrected chi connectivity index (χ3v) is 3.35. The van der Waals surface area contributed by atoms with E-state index < -0.39 is 0 Å². The van der Waals surface area contributed by atoms with Gasteiger partial charge in [0, 0.05) is 31.2 Å². The molecule has 1 saturated heterocycles. The molecule has 0 aromatic heterocycles.